The van der Waals surface area contributed by atoms with Crippen LogP contribution in [0, 0.1) is 11.7 Å². The van der Waals surface area contributed by atoms with E-state index in [2.05, 4.69) is 22.1 Å². The first-order valence-corrected chi connectivity index (χ1v) is 9.16. The first kappa shape index (κ1) is 17.0. The van der Waals surface area contributed by atoms with Gasteiger partial charge in [0.1, 0.15) is 15.7 Å². The molecule has 0 bridgehead atoms. The molecule has 1 aromatic heterocycles. The van der Waals surface area contributed by atoms with Gasteiger partial charge < -0.3 is 10.2 Å². The highest BCUT2D eigenvalue weighted by Gasteiger charge is 2.17. The maximum Gasteiger partial charge on any atom is 0.263 e. The van der Waals surface area contributed by atoms with Gasteiger partial charge in [0, 0.05) is 25.2 Å². The topological polar surface area (TPSA) is 45.2 Å². The minimum absolute atomic E-state index is 0.139. The third-order valence-electron chi connectivity index (χ3n) is 4.29. The van der Waals surface area contributed by atoms with Crippen molar-refractivity contribution in [2.24, 2.45) is 5.92 Å². The summed E-state index contributed by atoms with van der Waals surface area (Å²) in [6.07, 6.45) is 4.04. The summed E-state index contributed by atoms with van der Waals surface area (Å²) < 4.78 is 13.8. The number of thiazole rings is 1. The molecule has 0 spiro atoms. The maximum absolute atomic E-state index is 13.8. The molecule has 4 nitrogen and oxygen atoms in total. The molecule has 0 aliphatic carbocycles. The molecule has 1 aliphatic rings. The van der Waals surface area contributed by atoms with Crippen LogP contribution in [0.15, 0.2) is 30.5 Å². The Morgan fingerprint density at radius 1 is 1.46 bits per heavy atom. The van der Waals surface area contributed by atoms with Crippen molar-refractivity contribution in [1.29, 1.82) is 0 Å². The molecule has 2 heterocycles. The Hall–Kier alpha value is -1.79. The number of likely N-dealkylation sites (tertiary alicyclic amines) is 1. The van der Waals surface area contributed by atoms with Crippen molar-refractivity contribution in [3.05, 3.63) is 41.2 Å². The Balaban J connectivity index is 1.53. The Bertz CT molecular complexity index is 703. The molecule has 1 aliphatic heterocycles. The second-order valence-corrected chi connectivity index (χ2v) is 7.34. The summed E-state index contributed by atoms with van der Waals surface area (Å²) in [4.78, 5) is 19.3. The Labute approximate surface area is 145 Å². The molecule has 3 rings (SSSR count). The van der Waals surface area contributed by atoms with Gasteiger partial charge in [-0.15, -0.1) is 11.3 Å². The minimum Gasteiger partial charge on any atom is -0.350 e. The van der Waals surface area contributed by atoms with Crippen molar-refractivity contribution in [1.82, 2.24) is 15.2 Å². The third kappa shape index (κ3) is 4.19. The predicted octanol–water partition coefficient (Wildman–Crippen LogP) is 3.41. The van der Waals surface area contributed by atoms with E-state index in [-0.39, 0.29) is 11.7 Å². The van der Waals surface area contributed by atoms with Gasteiger partial charge in [0.25, 0.3) is 5.91 Å². The van der Waals surface area contributed by atoms with Gasteiger partial charge in [-0.25, -0.2) is 9.37 Å². The van der Waals surface area contributed by atoms with Crippen molar-refractivity contribution in [2.75, 3.05) is 26.2 Å². The van der Waals surface area contributed by atoms with E-state index in [0.717, 1.165) is 25.6 Å². The number of amides is 1. The zero-order valence-electron chi connectivity index (χ0n) is 13.8. The molecule has 2 aromatic rings. The molecule has 1 N–H and O–H groups in total. The average Bonchev–Trinajstić information content (AvgIpc) is 3.05. The van der Waals surface area contributed by atoms with Crippen molar-refractivity contribution in [2.45, 2.75) is 19.8 Å². The highest BCUT2D eigenvalue weighted by molar-refractivity contribution is 7.16. The first-order chi connectivity index (χ1) is 11.6. The van der Waals surface area contributed by atoms with Gasteiger partial charge in [0.15, 0.2) is 0 Å². The van der Waals surface area contributed by atoms with Gasteiger partial charge in [-0.3, -0.25) is 4.79 Å². The summed E-state index contributed by atoms with van der Waals surface area (Å²) in [6.45, 7) is 5.98. The summed E-state index contributed by atoms with van der Waals surface area (Å²) >= 11 is 1.22. The van der Waals surface area contributed by atoms with Crippen LogP contribution >= 0.6 is 11.3 Å². The van der Waals surface area contributed by atoms with Crippen LogP contribution in [-0.2, 0) is 0 Å². The van der Waals surface area contributed by atoms with Gasteiger partial charge >= 0.3 is 0 Å². The lowest BCUT2D eigenvalue weighted by molar-refractivity contribution is 0.0947. The van der Waals surface area contributed by atoms with E-state index in [0.29, 0.717) is 22.0 Å². The lowest BCUT2D eigenvalue weighted by atomic mass is 10.0. The van der Waals surface area contributed by atoms with Crippen LogP contribution in [0.2, 0.25) is 0 Å². The molecule has 6 heteroatoms. The van der Waals surface area contributed by atoms with Crippen molar-refractivity contribution in [3.63, 3.8) is 0 Å². The molecule has 1 unspecified atom stereocenters. The number of halogens is 1. The highest BCUT2D eigenvalue weighted by atomic mass is 32.1. The number of piperidine rings is 1. The van der Waals surface area contributed by atoms with E-state index in [9.17, 15) is 9.18 Å². The van der Waals surface area contributed by atoms with Gasteiger partial charge in [0.2, 0.25) is 0 Å². The van der Waals surface area contributed by atoms with E-state index in [1.54, 1.807) is 18.2 Å². The van der Waals surface area contributed by atoms with Crippen LogP contribution in [0.1, 0.15) is 29.4 Å². The fourth-order valence-electron chi connectivity index (χ4n) is 3.04. The summed E-state index contributed by atoms with van der Waals surface area (Å²) in [6, 6.07) is 6.48. The molecule has 24 heavy (non-hydrogen) atoms. The van der Waals surface area contributed by atoms with E-state index in [1.807, 2.05) is 0 Å². The number of nitrogens with zero attached hydrogens (tertiary/aromatic N) is 2. The lowest BCUT2D eigenvalue weighted by Crippen LogP contribution is -2.40. The number of carbonyl (C=O) groups excluding carboxylic acids is 1. The first-order valence-electron chi connectivity index (χ1n) is 8.35. The Morgan fingerprint density at radius 2 is 2.29 bits per heavy atom. The number of benzene rings is 1. The minimum atomic E-state index is -0.321. The smallest absolute Gasteiger partial charge is 0.263 e. The normalized spacial score (nSPS) is 18.5. The highest BCUT2D eigenvalue weighted by Crippen LogP contribution is 2.27. The van der Waals surface area contributed by atoms with E-state index in [4.69, 9.17) is 0 Å². The molecule has 0 radical (unpaired) electrons. The number of rotatable bonds is 5. The van der Waals surface area contributed by atoms with Crippen molar-refractivity contribution >= 4 is 17.2 Å². The monoisotopic (exact) mass is 347 g/mol. The van der Waals surface area contributed by atoms with Gasteiger partial charge in [-0.2, -0.15) is 0 Å². The molecule has 1 amide bonds. The molecule has 0 saturated carbocycles. The lowest BCUT2D eigenvalue weighted by Gasteiger charge is -2.30. The molecule has 1 saturated heterocycles. The number of nitrogens with one attached hydrogen (secondary N) is 1. The Kier molecular flexibility index (Phi) is 5.58. The zero-order valence-corrected chi connectivity index (χ0v) is 14.6. The maximum atomic E-state index is 13.8. The quantitative estimate of drug-likeness (QED) is 0.901. The largest absolute Gasteiger partial charge is 0.350 e. The van der Waals surface area contributed by atoms with Crippen LogP contribution in [-0.4, -0.2) is 42.0 Å². The fourth-order valence-corrected chi connectivity index (χ4v) is 3.90. The summed E-state index contributed by atoms with van der Waals surface area (Å²) in [5, 5.41) is 3.47. The van der Waals surface area contributed by atoms with Crippen LogP contribution in [0.25, 0.3) is 10.6 Å². The number of carbonyl (C=O) groups is 1. The second kappa shape index (κ2) is 7.85. The molecule has 1 fully saturated rings. The van der Waals surface area contributed by atoms with Crippen molar-refractivity contribution < 1.29 is 9.18 Å². The summed E-state index contributed by atoms with van der Waals surface area (Å²) in [5.41, 5.74) is 0.434. The summed E-state index contributed by atoms with van der Waals surface area (Å²) in [7, 11) is 0. The van der Waals surface area contributed by atoms with E-state index >= 15 is 0 Å². The zero-order chi connectivity index (χ0) is 16.9. The standard InChI is InChI=1S/C18H22FN3OS/c1-13-5-4-9-22(12-13)10-8-20-17(23)16-11-21-18(24-16)14-6-2-3-7-15(14)19/h2-3,6-7,11,13H,4-5,8-10,12H2,1H3,(H,20,23). The van der Waals surface area contributed by atoms with Crippen LogP contribution < -0.4 is 5.32 Å². The number of hydrogen-bond acceptors (Lipinski definition) is 4. The van der Waals surface area contributed by atoms with Crippen molar-refractivity contribution in [3.8, 4) is 10.6 Å². The van der Waals surface area contributed by atoms with Crippen LogP contribution in [0.5, 0.6) is 0 Å². The van der Waals surface area contributed by atoms with Crippen LogP contribution in [0.4, 0.5) is 4.39 Å². The van der Waals surface area contributed by atoms with E-state index < -0.39 is 0 Å². The Morgan fingerprint density at radius 3 is 3.08 bits per heavy atom. The summed E-state index contributed by atoms with van der Waals surface area (Å²) in [5.74, 6) is 0.275. The molecule has 1 atom stereocenters. The third-order valence-corrected chi connectivity index (χ3v) is 5.32. The van der Waals surface area contributed by atoms with E-state index in [1.165, 1.54) is 36.4 Å². The van der Waals surface area contributed by atoms with Crippen LogP contribution in [0.3, 0.4) is 0 Å². The molecule has 1 aromatic carbocycles. The fraction of sp³-hybridized carbons (Fsp3) is 0.444. The molecular formula is C18H22FN3OS. The SMILES string of the molecule is CC1CCCN(CCNC(=O)c2cnc(-c3ccccc3F)s2)C1. The van der Waals surface area contributed by atoms with Gasteiger partial charge in [0.05, 0.1) is 6.20 Å². The predicted molar refractivity (Wildman–Crippen MR) is 94.7 cm³/mol. The average molecular weight is 347 g/mol. The number of hydrogen-bond donors (Lipinski definition) is 1. The second-order valence-electron chi connectivity index (χ2n) is 6.31. The van der Waals surface area contributed by atoms with Gasteiger partial charge in [-0.1, -0.05) is 19.1 Å². The van der Waals surface area contributed by atoms with Gasteiger partial charge in [-0.05, 0) is 37.4 Å². The molecular weight excluding hydrogens is 325 g/mol. The molecule has 128 valence electrons. The number of aromatic nitrogens is 1.